The van der Waals surface area contributed by atoms with Crippen molar-refractivity contribution in [3.05, 3.63) is 35.9 Å². The summed E-state index contributed by atoms with van der Waals surface area (Å²) in [6.45, 7) is 3.31. The molecule has 3 nitrogen and oxygen atoms in total. The van der Waals surface area contributed by atoms with Gasteiger partial charge >= 0.3 is 7.12 Å². The Morgan fingerprint density at radius 1 is 1.06 bits per heavy atom. The Hall–Kier alpha value is -0.835. The van der Waals surface area contributed by atoms with Crippen molar-refractivity contribution in [2.45, 2.75) is 12.7 Å². The van der Waals surface area contributed by atoms with Crippen molar-refractivity contribution in [3.63, 3.8) is 0 Å². The van der Waals surface area contributed by atoms with E-state index in [9.17, 15) is 0 Å². The highest BCUT2D eigenvalue weighted by atomic mass is 16.6. The summed E-state index contributed by atoms with van der Waals surface area (Å²) in [5, 5.41) is 3.23. The van der Waals surface area contributed by atoms with Gasteiger partial charge in [-0.1, -0.05) is 30.3 Å². The van der Waals surface area contributed by atoms with Crippen LogP contribution in [0, 0.1) is 0 Å². The fourth-order valence-electron chi connectivity index (χ4n) is 1.79. The second-order valence-corrected chi connectivity index (χ2v) is 3.95. The fourth-order valence-corrected chi connectivity index (χ4v) is 1.79. The maximum Gasteiger partial charge on any atom is 0.457 e. The van der Waals surface area contributed by atoms with Gasteiger partial charge in [0.1, 0.15) is 0 Å². The zero-order valence-corrected chi connectivity index (χ0v) is 9.52. The molecule has 1 aromatic rings. The maximum absolute atomic E-state index is 5.62. The summed E-state index contributed by atoms with van der Waals surface area (Å²) < 4.78 is 11.2. The topological polar surface area (TPSA) is 30.5 Å². The molecular weight excluding hydrogens is 201 g/mol. The molecule has 4 heteroatoms. The van der Waals surface area contributed by atoms with Gasteiger partial charge in [0.25, 0.3) is 0 Å². The molecule has 86 valence electrons. The summed E-state index contributed by atoms with van der Waals surface area (Å²) in [5.74, 6) is 0. The largest absolute Gasteiger partial charge is 0.457 e. The molecule has 1 N–H and O–H groups in total. The van der Waals surface area contributed by atoms with E-state index >= 15 is 0 Å². The van der Waals surface area contributed by atoms with Gasteiger partial charge in [0, 0.05) is 26.3 Å². The average molecular weight is 219 g/mol. The molecule has 1 saturated heterocycles. The van der Waals surface area contributed by atoms with Gasteiger partial charge in [-0.05, 0) is 18.3 Å². The Morgan fingerprint density at radius 3 is 2.44 bits per heavy atom. The molecule has 0 amide bonds. The summed E-state index contributed by atoms with van der Waals surface area (Å²) in [6, 6.07) is 10.5. The smallest absolute Gasteiger partial charge is 0.410 e. The summed E-state index contributed by atoms with van der Waals surface area (Å²) >= 11 is 0. The lowest BCUT2D eigenvalue weighted by atomic mass is 9.81. The molecule has 1 heterocycles. The molecule has 2 rings (SSSR count). The first-order valence-electron chi connectivity index (χ1n) is 5.93. The number of nitrogens with one attached hydrogen (secondary N) is 1. The minimum Gasteiger partial charge on any atom is -0.410 e. The Balaban J connectivity index is 1.75. The average Bonchev–Trinajstić information content (AvgIpc) is 2.29. The summed E-state index contributed by atoms with van der Waals surface area (Å²) in [5.41, 5.74) is 1.34. The lowest BCUT2D eigenvalue weighted by Crippen LogP contribution is -2.35. The van der Waals surface area contributed by atoms with Gasteiger partial charge in [-0.15, -0.1) is 0 Å². The van der Waals surface area contributed by atoms with Gasteiger partial charge in [-0.3, -0.25) is 0 Å². The van der Waals surface area contributed by atoms with Gasteiger partial charge < -0.3 is 14.6 Å². The van der Waals surface area contributed by atoms with Crippen molar-refractivity contribution in [2.24, 2.45) is 0 Å². The van der Waals surface area contributed by atoms with E-state index in [1.807, 2.05) is 6.07 Å². The van der Waals surface area contributed by atoms with E-state index in [1.54, 1.807) is 0 Å². The predicted molar refractivity (Wildman–Crippen MR) is 65.5 cm³/mol. The number of rotatable bonds is 3. The molecule has 16 heavy (non-hydrogen) atoms. The van der Waals surface area contributed by atoms with Crippen molar-refractivity contribution in [1.29, 1.82) is 0 Å². The molecule has 1 aliphatic rings. The zero-order valence-electron chi connectivity index (χ0n) is 9.52. The summed E-state index contributed by atoms with van der Waals surface area (Å²) in [7, 11) is -0.0395. The van der Waals surface area contributed by atoms with Gasteiger partial charge in [-0.25, -0.2) is 0 Å². The van der Waals surface area contributed by atoms with Gasteiger partial charge in [-0.2, -0.15) is 0 Å². The van der Waals surface area contributed by atoms with Crippen LogP contribution >= 0.6 is 0 Å². The Labute approximate surface area is 97.3 Å². The zero-order chi connectivity index (χ0) is 11.1. The molecule has 0 saturated carbocycles. The second kappa shape index (κ2) is 6.68. The number of hydrogen-bond donors (Lipinski definition) is 1. The van der Waals surface area contributed by atoms with E-state index in [0.717, 1.165) is 39.0 Å². The highest BCUT2D eigenvalue weighted by Gasteiger charge is 2.18. The Kier molecular flexibility index (Phi) is 4.86. The summed E-state index contributed by atoms with van der Waals surface area (Å²) in [6.07, 6.45) is 1.95. The number of benzene rings is 1. The van der Waals surface area contributed by atoms with E-state index in [2.05, 4.69) is 29.6 Å². The van der Waals surface area contributed by atoms with Crippen LogP contribution in [0.4, 0.5) is 0 Å². The van der Waals surface area contributed by atoms with Crippen molar-refractivity contribution in [1.82, 2.24) is 5.32 Å². The monoisotopic (exact) mass is 219 g/mol. The van der Waals surface area contributed by atoms with E-state index in [0.29, 0.717) is 0 Å². The van der Waals surface area contributed by atoms with E-state index in [1.165, 1.54) is 5.56 Å². The molecule has 0 spiro atoms. The lowest BCUT2D eigenvalue weighted by molar-refractivity contribution is 0.177. The standard InChI is InChI=1S/C12H18BNO2/c1-2-4-12(5-3-1)6-7-13-15-10-8-14-9-11-16-13/h1-5,14H,6-11H2. The number of aryl methyl sites for hydroxylation is 1. The van der Waals surface area contributed by atoms with Crippen LogP contribution in [-0.4, -0.2) is 33.4 Å². The molecule has 1 aliphatic heterocycles. The van der Waals surface area contributed by atoms with Crippen molar-refractivity contribution in [3.8, 4) is 0 Å². The first-order valence-corrected chi connectivity index (χ1v) is 5.93. The predicted octanol–water partition coefficient (Wildman–Crippen LogP) is 1.35. The van der Waals surface area contributed by atoms with Crippen LogP contribution in [0.5, 0.6) is 0 Å². The van der Waals surface area contributed by atoms with Crippen molar-refractivity contribution >= 4 is 7.12 Å². The minimum absolute atomic E-state index is 0.0395. The minimum atomic E-state index is -0.0395. The lowest BCUT2D eigenvalue weighted by Gasteiger charge is -2.18. The SMILES string of the molecule is c1ccc(CCB2OCCNCCO2)cc1. The van der Waals surface area contributed by atoms with Crippen LogP contribution in [0.3, 0.4) is 0 Å². The highest BCUT2D eigenvalue weighted by molar-refractivity contribution is 6.44. The molecular formula is C12H18BNO2. The molecule has 0 aliphatic carbocycles. The molecule has 0 aromatic heterocycles. The quantitative estimate of drug-likeness (QED) is 0.778. The van der Waals surface area contributed by atoms with Crippen LogP contribution < -0.4 is 5.32 Å². The van der Waals surface area contributed by atoms with E-state index in [4.69, 9.17) is 9.31 Å². The summed E-state index contributed by atoms with van der Waals surface area (Å²) in [4.78, 5) is 0. The van der Waals surface area contributed by atoms with Crippen LogP contribution in [0.25, 0.3) is 0 Å². The third-order valence-corrected chi connectivity index (χ3v) is 2.68. The highest BCUT2D eigenvalue weighted by Crippen LogP contribution is 2.07. The molecule has 0 atom stereocenters. The van der Waals surface area contributed by atoms with Gasteiger partial charge in [0.05, 0.1) is 0 Å². The first-order chi connectivity index (χ1) is 7.95. The van der Waals surface area contributed by atoms with Crippen LogP contribution in [-0.2, 0) is 15.7 Å². The van der Waals surface area contributed by atoms with Crippen molar-refractivity contribution < 1.29 is 9.31 Å². The molecule has 0 bridgehead atoms. The normalized spacial score (nSPS) is 17.9. The van der Waals surface area contributed by atoms with E-state index < -0.39 is 0 Å². The van der Waals surface area contributed by atoms with Gasteiger partial charge in [0.15, 0.2) is 0 Å². The fraction of sp³-hybridized carbons (Fsp3) is 0.500. The van der Waals surface area contributed by atoms with Crippen LogP contribution in [0.15, 0.2) is 30.3 Å². The Bertz CT molecular complexity index is 286. The van der Waals surface area contributed by atoms with Crippen LogP contribution in [0.2, 0.25) is 6.32 Å². The second-order valence-electron chi connectivity index (χ2n) is 3.95. The Morgan fingerprint density at radius 2 is 1.75 bits per heavy atom. The van der Waals surface area contributed by atoms with Gasteiger partial charge in [0.2, 0.25) is 0 Å². The molecule has 1 fully saturated rings. The third kappa shape index (κ3) is 3.97. The number of hydrogen-bond acceptors (Lipinski definition) is 3. The van der Waals surface area contributed by atoms with E-state index in [-0.39, 0.29) is 7.12 Å². The molecule has 0 unspecified atom stereocenters. The molecule has 0 radical (unpaired) electrons. The van der Waals surface area contributed by atoms with Crippen LogP contribution in [0.1, 0.15) is 5.56 Å². The van der Waals surface area contributed by atoms with Crippen molar-refractivity contribution in [2.75, 3.05) is 26.3 Å². The maximum atomic E-state index is 5.62. The third-order valence-electron chi connectivity index (χ3n) is 2.68. The first kappa shape index (κ1) is 11.6. The molecule has 1 aromatic carbocycles.